The molecule has 0 heterocycles. The number of nitrogens with zero attached hydrogens (tertiary/aromatic N) is 2. The summed E-state index contributed by atoms with van der Waals surface area (Å²) in [5.41, 5.74) is 0.657. The lowest BCUT2D eigenvalue weighted by molar-refractivity contribution is -0.128. The fraction of sp³-hybridized carbons (Fsp3) is 0.938. The van der Waals surface area contributed by atoms with Crippen LogP contribution in [0, 0.1) is 10.8 Å². The van der Waals surface area contributed by atoms with Crippen molar-refractivity contribution in [3.63, 3.8) is 0 Å². The molecule has 0 saturated heterocycles. The zero-order valence-electron chi connectivity index (χ0n) is 14.2. The average Bonchev–Trinajstić information content (AvgIpc) is 1.95. The first kappa shape index (κ1) is 23.5. The van der Waals surface area contributed by atoms with E-state index in [-0.39, 0.29) is 18.7 Å². The van der Waals surface area contributed by atoms with E-state index < -0.39 is 0 Å². The highest BCUT2D eigenvalue weighted by atomic mass is 16.2. The van der Waals surface area contributed by atoms with Crippen LogP contribution < -0.4 is 0 Å². The minimum absolute atomic E-state index is 0. The lowest BCUT2D eigenvalue weighted by atomic mass is 9.96. The van der Waals surface area contributed by atoms with E-state index in [1.807, 2.05) is 7.05 Å². The van der Waals surface area contributed by atoms with Gasteiger partial charge in [0.15, 0.2) is 0 Å². The van der Waals surface area contributed by atoms with Crippen LogP contribution in [-0.4, -0.2) is 49.9 Å². The Morgan fingerprint density at radius 1 is 0.842 bits per heavy atom. The molecule has 0 rings (SSSR count). The topological polar surface area (TPSA) is 23.6 Å². The maximum atomic E-state index is 10.7. The Balaban J connectivity index is -0.000000262. The van der Waals surface area contributed by atoms with Gasteiger partial charge in [-0.05, 0) is 24.9 Å². The Morgan fingerprint density at radius 3 is 1.21 bits per heavy atom. The summed E-state index contributed by atoms with van der Waals surface area (Å²) in [5.74, 6) is 0.134. The molecule has 1 amide bonds. The molecule has 0 aliphatic rings. The molecule has 0 aromatic carbocycles. The fourth-order valence-corrected chi connectivity index (χ4v) is 1.77. The van der Waals surface area contributed by atoms with Gasteiger partial charge >= 0.3 is 0 Å². The number of hydrogen-bond donors (Lipinski definition) is 0. The third-order valence-electron chi connectivity index (χ3n) is 2.04. The second-order valence-corrected chi connectivity index (χ2v) is 7.73. The molecule has 19 heavy (non-hydrogen) atoms. The third kappa shape index (κ3) is 23.0. The molecule has 0 spiro atoms. The molecular formula is C16H38N2O. The van der Waals surface area contributed by atoms with Crippen LogP contribution in [0.15, 0.2) is 0 Å². The van der Waals surface area contributed by atoms with Gasteiger partial charge in [0.2, 0.25) is 5.91 Å². The van der Waals surface area contributed by atoms with Gasteiger partial charge in [-0.2, -0.15) is 0 Å². The predicted octanol–water partition coefficient (Wildman–Crippen LogP) is 3.74. The number of amides is 1. The molecule has 3 nitrogen and oxygen atoms in total. The Kier molecular flexibility index (Phi) is 11.6. The van der Waals surface area contributed by atoms with E-state index in [0.717, 1.165) is 13.1 Å². The van der Waals surface area contributed by atoms with Crippen LogP contribution in [0.2, 0.25) is 0 Å². The van der Waals surface area contributed by atoms with E-state index >= 15 is 0 Å². The van der Waals surface area contributed by atoms with Crippen molar-refractivity contribution >= 4 is 5.91 Å². The maximum Gasteiger partial charge on any atom is 0.219 e. The van der Waals surface area contributed by atoms with Crippen molar-refractivity contribution in [1.82, 2.24) is 9.80 Å². The van der Waals surface area contributed by atoms with E-state index in [0.29, 0.717) is 5.41 Å². The van der Waals surface area contributed by atoms with Crippen LogP contribution in [0.5, 0.6) is 0 Å². The summed E-state index contributed by atoms with van der Waals surface area (Å²) in [6.45, 7) is 16.7. The first-order chi connectivity index (χ1) is 7.74. The van der Waals surface area contributed by atoms with E-state index in [2.05, 4.69) is 60.5 Å². The van der Waals surface area contributed by atoms with Gasteiger partial charge in [-0.3, -0.25) is 4.79 Å². The lowest BCUT2D eigenvalue weighted by Crippen LogP contribution is -2.32. The third-order valence-corrected chi connectivity index (χ3v) is 2.04. The van der Waals surface area contributed by atoms with Crippen molar-refractivity contribution in [1.29, 1.82) is 0 Å². The Morgan fingerprint density at radius 2 is 1.16 bits per heavy atom. The quantitative estimate of drug-likeness (QED) is 0.766. The molecule has 0 saturated carbocycles. The van der Waals surface area contributed by atoms with E-state index in [1.165, 1.54) is 0 Å². The molecule has 0 bridgehead atoms. The molecule has 0 aromatic rings. The van der Waals surface area contributed by atoms with E-state index in [9.17, 15) is 4.79 Å². The summed E-state index contributed by atoms with van der Waals surface area (Å²) < 4.78 is 0. The van der Waals surface area contributed by atoms with Gasteiger partial charge in [-0.15, -0.1) is 0 Å². The van der Waals surface area contributed by atoms with Crippen molar-refractivity contribution in [2.45, 2.75) is 55.9 Å². The zero-order chi connectivity index (χ0) is 15.1. The van der Waals surface area contributed by atoms with Crippen LogP contribution >= 0.6 is 0 Å². The van der Waals surface area contributed by atoms with Gasteiger partial charge in [-0.25, -0.2) is 0 Å². The maximum absolute atomic E-state index is 10.7. The Hall–Kier alpha value is -0.570. The van der Waals surface area contributed by atoms with Gasteiger partial charge in [0, 0.05) is 27.1 Å². The first-order valence-electron chi connectivity index (χ1n) is 6.61. The molecule has 0 aromatic heterocycles. The van der Waals surface area contributed by atoms with Crippen LogP contribution in [0.25, 0.3) is 0 Å². The summed E-state index contributed by atoms with van der Waals surface area (Å²) in [5, 5.41) is 0. The van der Waals surface area contributed by atoms with Crippen molar-refractivity contribution in [3.8, 4) is 0 Å². The SMILES string of the molecule is C.CC(=O)N(C)CC(C)(C)C.CN(C)CC(C)(C)C. The summed E-state index contributed by atoms with van der Waals surface area (Å²) in [4.78, 5) is 14.7. The molecule has 0 unspecified atom stereocenters. The predicted molar refractivity (Wildman–Crippen MR) is 87.5 cm³/mol. The minimum Gasteiger partial charge on any atom is -0.345 e. The van der Waals surface area contributed by atoms with E-state index in [1.54, 1.807) is 11.8 Å². The minimum atomic E-state index is 0. The van der Waals surface area contributed by atoms with Crippen molar-refractivity contribution in [2.75, 3.05) is 34.2 Å². The van der Waals surface area contributed by atoms with Crippen molar-refractivity contribution in [2.24, 2.45) is 10.8 Å². The molecule has 0 fully saturated rings. The highest BCUT2D eigenvalue weighted by Crippen LogP contribution is 2.13. The van der Waals surface area contributed by atoms with Gasteiger partial charge in [-0.1, -0.05) is 49.0 Å². The summed E-state index contributed by atoms with van der Waals surface area (Å²) in [6, 6.07) is 0. The standard InChI is InChI=1S/C8H17NO.C7H17N.CH4/c1-7(10)9(5)6-8(2,3)4;1-7(2,3)6-8(4)5;/h6H2,1-5H3;6H2,1-5H3;1H4. The fourth-order valence-electron chi connectivity index (χ4n) is 1.77. The Labute approximate surface area is 122 Å². The normalized spacial score (nSPS) is 11.3. The molecule has 0 atom stereocenters. The van der Waals surface area contributed by atoms with Crippen LogP contribution in [0.3, 0.4) is 0 Å². The molecule has 0 radical (unpaired) electrons. The molecule has 3 heteroatoms. The summed E-state index contributed by atoms with van der Waals surface area (Å²) >= 11 is 0. The lowest BCUT2D eigenvalue weighted by Gasteiger charge is -2.25. The molecule has 0 aliphatic heterocycles. The van der Waals surface area contributed by atoms with Crippen LogP contribution in [0.4, 0.5) is 0 Å². The highest BCUT2D eigenvalue weighted by Gasteiger charge is 2.14. The summed E-state index contributed by atoms with van der Waals surface area (Å²) in [6.07, 6.45) is 0. The van der Waals surface area contributed by atoms with Crippen molar-refractivity contribution < 1.29 is 4.79 Å². The molecule has 0 N–H and O–H groups in total. The van der Waals surface area contributed by atoms with Crippen LogP contribution in [0.1, 0.15) is 55.9 Å². The Bertz CT molecular complexity index is 234. The second kappa shape index (κ2) is 9.35. The molecular weight excluding hydrogens is 236 g/mol. The van der Waals surface area contributed by atoms with Gasteiger partial charge < -0.3 is 9.80 Å². The van der Waals surface area contributed by atoms with Crippen LogP contribution in [-0.2, 0) is 4.79 Å². The van der Waals surface area contributed by atoms with Gasteiger partial charge in [0.1, 0.15) is 0 Å². The number of carbonyl (C=O) groups is 1. The van der Waals surface area contributed by atoms with E-state index in [4.69, 9.17) is 0 Å². The molecule has 118 valence electrons. The average molecular weight is 274 g/mol. The number of carbonyl (C=O) groups excluding carboxylic acids is 1. The highest BCUT2D eigenvalue weighted by molar-refractivity contribution is 5.72. The monoisotopic (exact) mass is 274 g/mol. The largest absolute Gasteiger partial charge is 0.345 e. The smallest absolute Gasteiger partial charge is 0.219 e. The number of rotatable bonds is 2. The van der Waals surface area contributed by atoms with Gasteiger partial charge in [0.05, 0.1) is 0 Å². The molecule has 0 aliphatic carbocycles. The second-order valence-electron chi connectivity index (χ2n) is 7.73. The van der Waals surface area contributed by atoms with Gasteiger partial charge in [0.25, 0.3) is 0 Å². The van der Waals surface area contributed by atoms with Crippen molar-refractivity contribution in [3.05, 3.63) is 0 Å². The zero-order valence-corrected chi connectivity index (χ0v) is 14.2. The first-order valence-corrected chi connectivity index (χ1v) is 6.61. The summed E-state index contributed by atoms with van der Waals surface area (Å²) in [7, 11) is 6.03. The number of hydrogen-bond acceptors (Lipinski definition) is 2.